The fourth-order valence-electron chi connectivity index (χ4n) is 1.47. The van der Waals surface area contributed by atoms with Crippen LogP contribution in [0.1, 0.15) is 61.8 Å². The summed E-state index contributed by atoms with van der Waals surface area (Å²) in [4.78, 5) is 20.6. The maximum atomic E-state index is 10.6. The van der Waals surface area contributed by atoms with E-state index in [1.165, 1.54) is 13.3 Å². The third-order valence-corrected chi connectivity index (χ3v) is 3.33. The van der Waals surface area contributed by atoms with Crippen molar-refractivity contribution in [3.63, 3.8) is 0 Å². The van der Waals surface area contributed by atoms with Crippen LogP contribution in [0, 0.1) is 0 Å². The normalized spacial score (nSPS) is 19.7. The first-order valence-corrected chi connectivity index (χ1v) is 9.59. The van der Waals surface area contributed by atoms with Gasteiger partial charge in [0.25, 0.3) is 0 Å². The second-order valence-electron chi connectivity index (χ2n) is 4.16. The van der Waals surface area contributed by atoms with E-state index in [1.807, 2.05) is 46.4 Å². The molecule has 6 heteroatoms. The molecule has 5 nitrogen and oxygen atoms in total. The molecule has 2 atom stereocenters. The summed E-state index contributed by atoms with van der Waals surface area (Å²) in [7, 11) is 0. The van der Waals surface area contributed by atoms with Crippen LogP contribution >= 0.6 is 11.8 Å². The summed E-state index contributed by atoms with van der Waals surface area (Å²) < 4.78 is 0. The summed E-state index contributed by atoms with van der Waals surface area (Å²) >= 11 is 1.89. The van der Waals surface area contributed by atoms with Gasteiger partial charge >= 0.3 is 6.03 Å². The quantitative estimate of drug-likeness (QED) is 0.643. The summed E-state index contributed by atoms with van der Waals surface area (Å²) in [6.45, 7) is 16.4. The van der Waals surface area contributed by atoms with E-state index >= 15 is 0 Å². The number of fused-ring (bicyclic) bond motifs is 1. The van der Waals surface area contributed by atoms with Gasteiger partial charge in [-0.1, -0.05) is 48.0 Å². The number of amides is 3. The average molecular weight is 336 g/mol. The lowest BCUT2D eigenvalue weighted by molar-refractivity contribution is -0.118. The Morgan fingerprint density at radius 2 is 1.45 bits per heavy atom. The fourth-order valence-corrected chi connectivity index (χ4v) is 2.74. The van der Waals surface area contributed by atoms with Gasteiger partial charge in [-0.25, -0.2) is 4.79 Å². The van der Waals surface area contributed by atoms with E-state index in [0.717, 1.165) is 18.1 Å². The van der Waals surface area contributed by atoms with Crippen molar-refractivity contribution in [3.05, 3.63) is 0 Å². The summed E-state index contributed by atoms with van der Waals surface area (Å²) in [6, 6.07) is 0.815. The monoisotopic (exact) mass is 335 g/mol. The van der Waals surface area contributed by atoms with E-state index in [1.54, 1.807) is 0 Å². The Hall–Kier alpha value is -0.910. The van der Waals surface area contributed by atoms with Crippen LogP contribution in [0.15, 0.2) is 0 Å². The number of hydrogen-bond acceptors (Lipinski definition) is 3. The molecule has 2 rings (SSSR count). The molecule has 0 aromatic heterocycles. The van der Waals surface area contributed by atoms with Crippen LogP contribution in [-0.4, -0.2) is 42.1 Å². The van der Waals surface area contributed by atoms with E-state index < -0.39 is 0 Å². The van der Waals surface area contributed by atoms with E-state index in [4.69, 9.17) is 0 Å². The fraction of sp³-hybridized carbons (Fsp3) is 0.875. The van der Waals surface area contributed by atoms with Gasteiger partial charge in [0.1, 0.15) is 0 Å². The molecule has 22 heavy (non-hydrogen) atoms. The summed E-state index contributed by atoms with van der Waals surface area (Å²) in [5.74, 6) is 2.19. The van der Waals surface area contributed by atoms with Gasteiger partial charge < -0.3 is 16.0 Å². The lowest BCUT2D eigenvalue weighted by atomic mass is 10.2. The van der Waals surface area contributed by atoms with Crippen molar-refractivity contribution in [1.82, 2.24) is 16.0 Å². The Kier molecular flexibility index (Phi) is 23.8. The summed E-state index contributed by atoms with van der Waals surface area (Å²) in [5.41, 5.74) is 0. The van der Waals surface area contributed by atoms with E-state index in [9.17, 15) is 9.59 Å². The van der Waals surface area contributed by atoms with Crippen LogP contribution in [-0.2, 0) is 4.79 Å². The molecule has 3 amide bonds. The highest BCUT2D eigenvalue weighted by Crippen LogP contribution is 2.20. The van der Waals surface area contributed by atoms with E-state index in [2.05, 4.69) is 29.8 Å². The summed E-state index contributed by atoms with van der Waals surface area (Å²) in [6.07, 6.45) is 1.25. The highest BCUT2D eigenvalue weighted by atomic mass is 32.2. The zero-order valence-corrected chi connectivity index (χ0v) is 16.5. The van der Waals surface area contributed by atoms with Gasteiger partial charge in [0.15, 0.2) is 0 Å². The lowest BCUT2D eigenvalue weighted by Gasteiger charge is -2.02. The van der Waals surface area contributed by atoms with Crippen LogP contribution in [0.4, 0.5) is 4.79 Å². The highest BCUT2D eigenvalue weighted by Gasteiger charge is 2.35. The molecule has 0 aliphatic carbocycles. The van der Waals surface area contributed by atoms with Crippen molar-refractivity contribution in [2.75, 3.05) is 18.1 Å². The number of urea groups is 1. The Labute approximate surface area is 141 Å². The number of carbonyl (C=O) groups is 2. The van der Waals surface area contributed by atoms with Crippen molar-refractivity contribution in [3.8, 4) is 0 Å². The maximum absolute atomic E-state index is 10.6. The van der Waals surface area contributed by atoms with Gasteiger partial charge in [0.05, 0.1) is 12.1 Å². The van der Waals surface area contributed by atoms with Crippen LogP contribution in [0.3, 0.4) is 0 Å². The number of nitrogens with one attached hydrogen (secondary N) is 3. The first kappa shape index (κ1) is 26.0. The van der Waals surface area contributed by atoms with Crippen molar-refractivity contribution in [1.29, 1.82) is 0 Å². The van der Waals surface area contributed by atoms with Gasteiger partial charge in [-0.15, -0.1) is 0 Å². The van der Waals surface area contributed by atoms with Crippen LogP contribution < -0.4 is 16.0 Å². The van der Waals surface area contributed by atoms with Gasteiger partial charge in [0.2, 0.25) is 5.91 Å². The standard InChI is InChI=1S/C5H8N2OS.C4H9NO.C3H8.2C2H6/c8-5-6-3-1-9-2-4(3)7-5;1-3-5-4(2)6;1-3-2;2*1-2/h3-4H,1-2H2,(H2,6,7,8);3H2,1-2H3,(H,5,6);3H2,1-2H3;2*1-2H3/t3-,4?;;;;/m0..../s1. The molecular formula is C16H37N3O2S. The molecule has 2 saturated heterocycles. The molecule has 2 fully saturated rings. The number of thioether (sulfide) groups is 1. The minimum Gasteiger partial charge on any atom is -0.357 e. The number of rotatable bonds is 1. The molecule has 0 aromatic carbocycles. The van der Waals surface area contributed by atoms with Gasteiger partial charge in [-0.05, 0) is 6.92 Å². The zero-order chi connectivity index (χ0) is 18.0. The van der Waals surface area contributed by atoms with Crippen LogP contribution in [0.25, 0.3) is 0 Å². The molecule has 0 spiro atoms. The minimum atomic E-state index is 0.00491. The summed E-state index contributed by atoms with van der Waals surface area (Å²) in [5, 5.41) is 8.26. The van der Waals surface area contributed by atoms with E-state index in [-0.39, 0.29) is 11.9 Å². The minimum absolute atomic E-state index is 0.00491. The van der Waals surface area contributed by atoms with Gasteiger partial charge in [-0.2, -0.15) is 11.8 Å². The van der Waals surface area contributed by atoms with Gasteiger partial charge in [0, 0.05) is 25.0 Å². The third kappa shape index (κ3) is 15.5. The topological polar surface area (TPSA) is 70.2 Å². The Bertz CT molecular complexity index is 250. The first-order valence-electron chi connectivity index (χ1n) is 8.44. The largest absolute Gasteiger partial charge is 0.357 e. The predicted octanol–water partition coefficient (Wildman–Crippen LogP) is 3.39. The average Bonchev–Trinajstić information content (AvgIpc) is 3.05. The van der Waals surface area contributed by atoms with Crippen LogP contribution in [0.2, 0.25) is 0 Å². The zero-order valence-electron chi connectivity index (χ0n) is 15.7. The van der Waals surface area contributed by atoms with Crippen molar-refractivity contribution >= 4 is 23.7 Å². The second kappa shape index (κ2) is 20.1. The highest BCUT2D eigenvalue weighted by molar-refractivity contribution is 7.99. The van der Waals surface area contributed by atoms with Crippen LogP contribution in [0.5, 0.6) is 0 Å². The molecule has 2 aliphatic heterocycles. The lowest BCUT2D eigenvalue weighted by Crippen LogP contribution is -2.31. The molecule has 2 aliphatic rings. The molecule has 1 unspecified atom stereocenters. The first-order chi connectivity index (χ1) is 10.5. The molecule has 0 radical (unpaired) electrons. The molecule has 0 aromatic rings. The number of hydrogen-bond donors (Lipinski definition) is 3. The molecular weight excluding hydrogens is 298 g/mol. The molecule has 134 valence electrons. The second-order valence-corrected chi connectivity index (χ2v) is 5.24. The maximum Gasteiger partial charge on any atom is 0.315 e. The van der Waals surface area contributed by atoms with Crippen molar-refractivity contribution < 1.29 is 9.59 Å². The Morgan fingerprint density at radius 3 is 1.68 bits per heavy atom. The SMILES string of the molecule is CC.CC.CCC.CCNC(C)=O.O=C1NC2CSC[C@@H]2N1. The predicted molar refractivity (Wildman–Crippen MR) is 99.6 cm³/mol. The Morgan fingerprint density at radius 1 is 1.09 bits per heavy atom. The smallest absolute Gasteiger partial charge is 0.315 e. The molecule has 0 saturated carbocycles. The third-order valence-electron chi connectivity index (χ3n) is 2.14. The Balaban J connectivity index is -0.000000245. The van der Waals surface area contributed by atoms with Gasteiger partial charge in [-0.3, -0.25) is 4.79 Å². The molecule has 0 bridgehead atoms. The van der Waals surface area contributed by atoms with Crippen molar-refractivity contribution in [2.45, 2.75) is 73.9 Å². The van der Waals surface area contributed by atoms with Crippen molar-refractivity contribution in [2.24, 2.45) is 0 Å². The molecule has 3 N–H and O–H groups in total. The number of carbonyl (C=O) groups excluding carboxylic acids is 2. The van der Waals surface area contributed by atoms with E-state index in [0.29, 0.717) is 12.1 Å². The molecule has 2 heterocycles.